The molecule has 3 heterocycles. The quantitative estimate of drug-likeness (QED) is 0.872. The van der Waals surface area contributed by atoms with E-state index in [2.05, 4.69) is 4.98 Å². The van der Waals surface area contributed by atoms with Gasteiger partial charge in [0.25, 0.3) is 11.5 Å². The molecule has 0 saturated carbocycles. The number of nitrogens with zero attached hydrogens (tertiary/aromatic N) is 3. The van der Waals surface area contributed by atoms with Crippen LogP contribution in [0, 0.1) is 12.8 Å². The van der Waals surface area contributed by atoms with Crippen molar-refractivity contribution in [3.8, 4) is 0 Å². The monoisotopic (exact) mass is 317 g/mol. The van der Waals surface area contributed by atoms with E-state index in [0.29, 0.717) is 12.5 Å². The van der Waals surface area contributed by atoms with Crippen LogP contribution in [0.25, 0.3) is 0 Å². The van der Waals surface area contributed by atoms with Crippen LogP contribution in [-0.4, -0.2) is 33.4 Å². The number of piperidine rings is 1. The molecule has 0 aromatic carbocycles. The van der Waals surface area contributed by atoms with E-state index in [9.17, 15) is 9.59 Å². The molecule has 0 atom stereocenters. The number of carbonyl (C=O) groups is 1. The lowest BCUT2D eigenvalue weighted by Crippen LogP contribution is -2.39. The average Bonchev–Trinajstić information content (AvgIpc) is 2.96. The van der Waals surface area contributed by atoms with E-state index in [1.165, 1.54) is 12.3 Å². The minimum Gasteiger partial charge on any atom is -0.338 e. The second-order valence-corrected chi connectivity index (χ2v) is 7.00. The standard InChI is InChI=1S/C16H19N3O2S/c1-12-2-3-14(22-12)16(21)18-8-5-13(6-9-18)10-19-11-17-7-4-15(19)20/h2-4,7,11,13H,5-6,8-10H2,1H3. The summed E-state index contributed by atoms with van der Waals surface area (Å²) in [4.78, 5) is 32.0. The molecule has 2 aromatic heterocycles. The Kier molecular flexibility index (Phi) is 4.38. The molecule has 0 bridgehead atoms. The fourth-order valence-electron chi connectivity index (χ4n) is 2.82. The molecule has 1 amide bonds. The van der Waals surface area contributed by atoms with Crippen LogP contribution in [0.5, 0.6) is 0 Å². The van der Waals surface area contributed by atoms with Crippen molar-refractivity contribution >= 4 is 17.2 Å². The molecule has 1 fully saturated rings. The van der Waals surface area contributed by atoms with Gasteiger partial charge in [0.2, 0.25) is 0 Å². The Bertz CT molecular complexity index is 714. The number of hydrogen-bond donors (Lipinski definition) is 0. The van der Waals surface area contributed by atoms with Crippen LogP contribution < -0.4 is 5.56 Å². The number of rotatable bonds is 3. The number of aromatic nitrogens is 2. The van der Waals surface area contributed by atoms with E-state index >= 15 is 0 Å². The van der Waals surface area contributed by atoms with Crippen molar-refractivity contribution in [1.82, 2.24) is 14.5 Å². The zero-order chi connectivity index (χ0) is 15.5. The summed E-state index contributed by atoms with van der Waals surface area (Å²) in [6.45, 7) is 4.22. The Morgan fingerprint density at radius 2 is 2.09 bits per heavy atom. The van der Waals surface area contributed by atoms with Crippen LogP contribution in [0.15, 0.2) is 35.5 Å². The van der Waals surface area contributed by atoms with Gasteiger partial charge >= 0.3 is 0 Å². The summed E-state index contributed by atoms with van der Waals surface area (Å²) in [5, 5.41) is 0. The highest BCUT2D eigenvalue weighted by Crippen LogP contribution is 2.23. The minimum absolute atomic E-state index is 0.0115. The zero-order valence-electron chi connectivity index (χ0n) is 12.6. The third-order valence-electron chi connectivity index (χ3n) is 4.10. The van der Waals surface area contributed by atoms with Gasteiger partial charge in [-0.25, -0.2) is 4.98 Å². The molecule has 2 aromatic rings. The summed E-state index contributed by atoms with van der Waals surface area (Å²) in [6, 6.07) is 5.38. The summed E-state index contributed by atoms with van der Waals surface area (Å²) < 4.78 is 1.66. The van der Waals surface area contributed by atoms with Crippen molar-refractivity contribution in [2.24, 2.45) is 5.92 Å². The van der Waals surface area contributed by atoms with Gasteiger partial charge in [0, 0.05) is 36.8 Å². The molecule has 1 aliphatic rings. The highest BCUT2D eigenvalue weighted by atomic mass is 32.1. The first-order chi connectivity index (χ1) is 10.6. The maximum Gasteiger partial charge on any atom is 0.263 e. The smallest absolute Gasteiger partial charge is 0.263 e. The minimum atomic E-state index is -0.0115. The number of thiophene rings is 1. The maximum absolute atomic E-state index is 12.4. The normalized spacial score (nSPS) is 16.0. The van der Waals surface area contributed by atoms with E-state index < -0.39 is 0 Å². The lowest BCUT2D eigenvalue weighted by Gasteiger charge is -2.31. The maximum atomic E-state index is 12.4. The molecule has 0 spiro atoms. The van der Waals surface area contributed by atoms with Crippen LogP contribution in [0.3, 0.4) is 0 Å². The van der Waals surface area contributed by atoms with Crippen molar-refractivity contribution in [1.29, 1.82) is 0 Å². The molecule has 0 N–H and O–H groups in total. The predicted molar refractivity (Wildman–Crippen MR) is 86.2 cm³/mol. The number of carbonyl (C=O) groups excluding carboxylic acids is 1. The lowest BCUT2D eigenvalue weighted by molar-refractivity contribution is 0.0687. The molecule has 1 saturated heterocycles. The second-order valence-electron chi connectivity index (χ2n) is 5.72. The molecule has 5 nitrogen and oxygen atoms in total. The topological polar surface area (TPSA) is 55.2 Å². The Morgan fingerprint density at radius 3 is 2.73 bits per heavy atom. The highest BCUT2D eigenvalue weighted by molar-refractivity contribution is 7.13. The molecule has 0 radical (unpaired) electrons. The predicted octanol–water partition coefficient (Wildman–Crippen LogP) is 2.17. The molecule has 3 rings (SSSR count). The van der Waals surface area contributed by atoms with Gasteiger partial charge in [0.15, 0.2) is 0 Å². The number of hydrogen-bond acceptors (Lipinski definition) is 4. The van der Waals surface area contributed by atoms with Crippen LogP contribution in [0.2, 0.25) is 0 Å². The molecule has 0 aliphatic carbocycles. The highest BCUT2D eigenvalue weighted by Gasteiger charge is 2.24. The Hall–Kier alpha value is -1.95. The Labute approximate surface area is 133 Å². The van der Waals surface area contributed by atoms with E-state index in [-0.39, 0.29) is 11.5 Å². The van der Waals surface area contributed by atoms with Crippen LogP contribution in [0.1, 0.15) is 27.4 Å². The van der Waals surface area contributed by atoms with Crippen LogP contribution in [0.4, 0.5) is 0 Å². The SMILES string of the molecule is Cc1ccc(C(=O)N2CCC(Cn3cnccc3=O)CC2)s1. The van der Waals surface area contributed by atoms with Crippen molar-refractivity contribution in [3.63, 3.8) is 0 Å². The van der Waals surface area contributed by atoms with Crippen molar-refractivity contribution in [2.45, 2.75) is 26.3 Å². The summed E-state index contributed by atoms with van der Waals surface area (Å²) in [7, 11) is 0. The van der Waals surface area contributed by atoms with Crippen molar-refractivity contribution < 1.29 is 4.79 Å². The van der Waals surface area contributed by atoms with Crippen LogP contribution in [-0.2, 0) is 6.54 Å². The van der Waals surface area contributed by atoms with Gasteiger partial charge in [-0.2, -0.15) is 0 Å². The van der Waals surface area contributed by atoms with Crippen molar-refractivity contribution in [2.75, 3.05) is 13.1 Å². The molecule has 1 aliphatic heterocycles. The Morgan fingerprint density at radius 1 is 1.32 bits per heavy atom. The molecule has 6 heteroatoms. The first-order valence-electron chi connectivity index (χ1n) is 7.49. The fraction of sp³-hybridized carbons (Fsp3) is 0.438. The van der Waals surface area contributed by atoms with Gasteiger partial charge in [-0.15, -0.1) is 11.3 Å². The molecule has 22 heavy (non-hydrogen) atoms. The summed E-state index contributed by atoms with van der Waals surface area (Å²) >= 11 is 1.55. The summed E-state index contributed by atoms with van der Waals surface area (Å²) in [6.07, 6.45) is 4.96. The molecular weight excluding hydrogens is 298 g/mol. The number of aryl methyl sites for hydroxylation is 1. The van der Waals surface area contributed by atoms with Gasteiger partial charge in [0.1, 0.15) is 0 Å². The van der Waals surface area contributed by atoms with Crippen molar-refractivity contribution in [3.05, 3.63) is 50.8 Å². The van der Waals surface area contributed by atoms with E-state index in [4.69, 9.17) is 0 Å². The van der Waals surface area contributed by atoms with E-state index in [1.807, 2.05) is 24.0 Å². The number of likely N-dealkylation sites (tertiary alicyclic amines) is 1. The van der Waals surface area contributed by atoms with E-state index in [0.717, 1.165) is 35.7 Å². The zero-order valence-corrected chi connectivity index (χ0v) is 13.4. The van der Waals surface area contributed by atoms with Crippen LogP contribution >= 0.6 is 11.3 Å². The summed E-state index contributed by atoms with van der Waals surface area (Å²) in [5.41, 5.74) is -0.0115. The first-order valence-corrected chi connectivity index (χ1v) is 8.31. The van der Waals surface area contributed by atoms with Gasteiger partial charge in [-0.05, 0) is 37.8 Å². The molecule has 116 valence electrons. The third-order valence-corrected chi connectivity index (χ3v) is 5.09. The number of amides is 1. The first kappa shape index (κ1) is 15.0. The van der Waals surface area contributed by atoms with Gasteiger partial charge in [-0.3, -0.25) is 14.2 Å². The second kappa shape index (κ2) is 6.44. The third kappa shape index (κ3) is 3.27. The molecular formula is C16H19N3O2S. The fourth-order valence-corrected chi connectivity index (χ4v) is 3.65. The largest absolute Gasteiger partial charge is 0.338 e. The van der Waals surface area contributed by atoms with Gasteiger partial charge in [-0.1, -0.05) is 0 Å². The summed E-state index contributed by atoms with van der Waals surface area (Å²) in [5.74, 6) is 0.561. The van der Waals surface area contributed by atoms with Gasteiger partial charge in [0.05, 0.1) is 11.2 Å². The molecule has 0 unspecified atom stereocenters. The van der Waals surface area contributed by atoms with E-state index in [1.54, 1.807) is 22.2 Å². The lowest BCUT2D eigenvalue weighted by atomic mass is 9.96. The van der Waals surface area contributed by atoms with Gasteiger partial charge < -0.3 is 4.90 Å². The average molecular weight is 317 g/mol. The Balaban J connectivity index is 1.57.